The van der Waals surface area contributed by atoms with Gasteiger partial charge in [0.25, 0.3) is 0 Å². The zero-order chi connectivity index (χ0) is 15.4. The van der Waals surface area contributed by atoms with Crippen molar-refractivity contribution in [3.63, 3.8) is 0 Å². The van der Waals surface area contributed by atoms with E-state index in [1.54, 1.807) is 17.0 Å². The molecule has 1 aliphatic rings. The fourth-order valence-electron chi connectivity index (χ4n) is 2.57. The van der Waals surface area contributed by atoms with Gasteiger partial charge >= 0.3 is 5.97 Å². The number of nitrogens with zero attached hydrogens (tertiary/aromatic N) is 1. The smallest absolute Gasteiger partial charge is 0.303 e. The maximum absolute atomic E-state index is 13.4. The van der Waals surface area contributed by atoms with Crippen molar-refractivity contribution in [3.05, 3.63) is 34.1 Å². The Morgan fingerprint density at radius 2 is 2.00 bits per heavy atom. The lowest BCUT2D eigenvalue weighted by Gasteiger charge is -2.31. The van der Waals surface area contributed by atoms with Gasteiger partial charge in [0, 0.05) is 19.5 Å². The van der Waals surface area contributed by atoms with Crippen LogP contribution in [0.25, 0.3) is 0 Å². The van der Waals surface area contributed by atoms with Crippen LogP contribution in [0.5, 0.6) is 0 Å². The average Bonchev–Trinajstić information content (AvgIpc) is 2.43. The molecule has 1 aliphatic heterocycles. The van der Waals surface area contributed by atoms with Crippen LogP contribution >= 0.6 is 15.9 Å². The van der Waals surface area contributed by atoms with Crippen LogP contribution in [0, 0.1) is 11.7 Å². The molecular weight excluding hydrogens is 341 g/mol. The van der Waals surface area contributed by atoms with E-state index in [1.165, 1.54) is 6.07 Å². The highest BCUT2D eigenvalue weighted by Crippen LogP contribution is 2.22. The number of carbonyl (C=O) groups excluding carboxylic acids is 1. The average molecular weight is 358 g/mol. The van der Waals surface area contributed by atoms with E-state index in [2.05, 4.69) is 15.9 Å². The third-order valence-electron chi connectivity index (χ3n) is 3.77. The molecule has 0 atom stereocenters. The molecule has 4 nitrogen and oxygen atoms in total. The van der Waals surface area contributed by atoms with Crippen molar-refractivity contribution >= 4 is 27.8 Å². The summed E-state index contributed by atoms with van der Waals surface area (Å²) in [6.45, 7) is 1.16. The van der Waals surface area contributed by atoms with Crippen LogP contribution in [-0.4, -0.2) is 35.0 Å². The molecule has 0 radical (unpaired) electrons. The SMILES string of the molecule is O=C(O)CC1CCN(C(=O)Cc2ccc(Br)c(F)c2)CC1. The minimum Gasteiger partial charge on any atom is -0.481 e. The van der Waals surface area contributed by atoms with E-state index >= 15 is 0 Å². The number of piperidine rings is 1. The molecule has 21 heavy (non-hydrogen) atoms. The third-order valence-corrected chi connectivity index (χ3v) is 4.41. The van der Waals surface area contributed by atoms with Gasteiger partial charge in [0.1, 0.15) is 5.82 Å². The number of carbonyl (C=O) groups is 2. The Bertz CT molecular complexity index is 542. The number of carboxylic acid groups (broad SMARTS) is 1. The number of benzene rings is 1. The summed E-state index contributed by atoms with van der Waals surface area (Å²) in [7, 11) is 0. The second-order valence-electron chi connectivity index (χ2n) is 5.35. The highest BCUT2D eigenvalue weighted by molar-refractivity contribution is 9.10. The molecule has 1 N–H and O–H groups in total. The van der Waals surface area contributed by atoms with Crippen molar-refractivity contribution in [2.75, 3.05) is 13.1 Å². The second-order valence-corrected chi connectivity index (χ2v) is 6.20. The van der Waals surface area contributed by atoms with Crippen LogP contribution in [0.1, 0.15) is 24.8 Å². The second kappa shape index (κ2) is 7.02. The Labute approximate surface area is 131 Å². The molecule has 0 aromatic heterocycles. The van der Waals surface area contributed by atoms with Crippen molar-refractivity contribution in [1.82, 2.24) is 4.90 Å². The molecule has 0 aliphatic carbocycles. The quantitative estimate of drug-likeness (QED) is 0.901. The van der Waals surface area contributed by atoms with Crippen LogP contribution in [0.2, 0.25) is 0 Å². The van der Waals surface area contributed by atoms with Gasteiger partial charge in [0.15, 0.2) is 0 Å². The van der Waals surface area contributed by atoms with Gasteiger partial charge in [-0.15, -0.1) is 0 Å². The summed E-state index contributed by atoms with van der Waals surface area (Å²) in [5.41, 5.74) is 0.647. The lowest BCUT2D eigenvalue weighted by Crippen LogP contribution is -2.39. The zero-order valence-electron chi connectivity index (χ0n) is 11.5. The van der Waals surface area contributed by atoms with E-state index in [9.17, 15) is 14.0 Å². The molecule has 2 rings (SSSR count). The Kier molecular flexibility index (Phi) is 5.33. The Hall–Kier alpha value is -1.43. The van der Waals surface area contributed by atoms with Gasteiger partial charge in [-0.1, -0.05) is 6.07 Å². The number of halogens is 2. The number of hydrogen-bond donors (Lipinski definition) is 1. The molecule has 1 aromatic rings. The largest absolute Gasteiger partial charge is 0.481 e. The van der Waals surface area contributed by atoms with Crippen molar-refractivity contribution in [2.45, 2.75) is 25.7 Å². The Morgan fingerprint density at radius 1 is 1.33 bits per heavy atom. The minimum absolute atomic E-state index is 0.0366. The molecule has 0 unspecified atom stereocenters. The topological polar surface area (TPSA) is 57.6 Å². The van der Waals surface area contributed by atoms with Gasteiger partial charge in [0.05, 0.1) is 10.9 Å². The van der Waals surface area contributed by atoms with Crippen molar-refractivity contribution in [2.24, 2.45) is 5.92 Å². The number of amides is 1. The summed E-state index contributed by atoms with van der Waals surface area (Å²) in [5, 5.41) is 8.76. The molecular formula is C15H17BrFNO3. The lowest BCUT2D eigenvalue weighted by molar-refractivity contribution is -0.138. The van der Waals surface area contributed by atoms with Crippen LogP contribution in [0.3, 0.4) is 0 Å². The summed E-state index contributed by atoms with van der Waals surface area (Å²) in [5.74, 6) is -1.05. The van der Waals surface area contributed by atoms with Crippen molar-refractivity contribution < 1.29 is 19.1 Å². The van der Waals surface area contributed by atoms with Gasteiger partial charge < -0.3 is 10.0 Å². The molecule has 0 bridgehead atoms. The molecule has 114 valence electrons. The predicted molar refractivity (Wildman–Crippen MR) is 79.4 cm³/mol. The first-order valence-electron chi connectivity index (χ1n) is 6.89. The predicted octanol–water partition coefficient (Wildman–Crippen LogP) is 2.84. The molecule has 1 aromatic carbocycles. The van der Waals surface area contributed by atoms with Gasteiger partial charge in [-0.2, -0.15) is 0 Å². The van der Waals surface area contributed by atoms with E-state index in [4.69, 9.17) is 5.11 Å². The Balaban J connectivity index is 1.87. The molecule has 0 saturated carbocycles. The highest BCUT2D eigenvalue weighted by atomic mass is 79.9. The maximum atomic E-state index is 13.4. The summed E-state index contributed by atoms with van der Waals surface area (Å²) in [6.07, 6.45) is 1.77. The molecule has 1 saturated heterocycles. The molecule has 0 spiro atoms. The lowest BCUT2D eigenvalue weighted by atomic mass is 9.93. The fourth-order valence-corrected chi connectivity index (χ4v) is 2.82. The number of rotatable bonds is 4. The standard InChI is InChI=1S/C15H17BrFNO3/c16-12-2-1-11(7-13(12)17)8-14(19)18-5-3-10(4-6-18)9-15(20)21/h1-2,7,10H,3-6,8-9H2,(H,20,21). The zero-order valence-corrected chi connectivity index (χ0v) is 13.1. The monoisotopic (exact) mass is 357 g/mol. The van der Waals surface area contributed by atoms with E-state index in [-0.39, 0.29) is 30.5 Å². The molecule has 1 heterocycles. The van der Waals surface area contributed by atoms with Crippen LogP contribution in [-0.2, 0) is 16.0 Å². The van der Waals surface area contributed by atoms with E-state index in [0.717, 1.165) is 0 Å². The highest BCUT2D eigenvalue weighted by Gasteiger charge is 2.24. The number of carboxylic acids is 1. The first-order chi connectivity index (χ1) is 9.95. The summed E-state index contributed by atoms with van der Waals surface area (Å²) in [4.78, 5) is 24.6. The number of hydrogen-bond acceptors (Lipinski definition) is 2. The first-order valence-corrected chi connectivity index (χ1v) is 7.68. The fraction of sp³-hybridized carbons (Fsp3) is 0.467. The van der Waals surface area contributed by atoms with E-state index < -0.39 is 5.97 Å². The van der Waals surface area contributed by atoms with Crippen molar-refractivity contribution in [3.8, 4) is 0 Å². The van der Waals surface area contributed by atoms with Crippen molar-refractivity contribution in [1.29, 1.82) is 0 Å². The van der Waals surface area contributed by atoms with E-state index in [0.29, 0.717) is 36.0 Å². The normalized spacial score (nSPS) is 16.0. The van der Waals surface area contributed by atoms with Crippen LogP contribution in [0.15, 0.2) is 22.7 Å². The van der Waals surface area contributed by atoms with Crippen LogP contribution < -0.4 is 0 Å². The summed E-state index contributed by atoms with van der Waals surface area (Å²) >= 11 is 3.08. The van der Waals surface area contributed by atoms with Gasteiger partial charge in [-0.05, 0) is 52.4 Å². The minimum atomic E-state index is -0.787. The van der Waals surface area contributed by atoms with E-state index in [1.807, 2.05) is 0 Å². The third kappa shape index (κ3) is 4.52. The first kappa shape index (κ1) is 15.9. The number of aliphatic carboxylic acids is 1. The van der Waals surface area contributed by atoms with Gasteiger partial charge in [0.2, 0.25) is 5.91 Å². The number of likely N-dealkylation sites (tertiary alicyclic amines) is 1. The van der Waals surface area contributed by atoms with Gasteiger partial charge in [-0.25, -0.2) is 4.39 Å². The molecule has 1 fully saturated rings. The summed E-state index contributed by atoms with van der Waals surface area (Å²) in [6, 6.07) is 4.68. The Morgan fingerprint density at radius 3 is 2.57 bits per heavy atom. The molecule has 6 heteroatoms. The maximum Gasteiger partial charge on any atom is 0.303 e. The van der Waals surface area contributed by atoms with Gasteiger partial charge in [-0.3, -0.25) is 9.59 Å². The van der Waals surface area contributed by atoms with Crippen LogP contribution in [0.4, 0.5) is 4.39 Å². The summed E-state index contributed by atoms with van der Waals surface area (Å²) < 4.78 is 13.8. The molecule has 1 amide bonds.